The highest BCUT2D eigenvalue weighted by molar-refractivity contribution is 5.19. The van der Waals surface area contributed by atoms with Gasteiger partial charge in [0.05, 0.1) is 0 Å². The molecule has 0 aliphatic rings. The lowest BCUT2D eigenvalue weighted by Gasteiger charge is -2.15. The summed E-state index contributed by atoms with van der Waals surface area (Å²) in [4.78, 5) is 0. The summed E-state index contributed by atoms with van der Waals surface area (Å²) in [5.41, 5.74) is 1.53. The molecule has 0 saturated carbocycles. The van der Waals surface area contributed by atoms with Gasteiger partial charge < -0.3 is 0 Å². The Bertz CT molecular complexity index is 263. The Morgan fingerprint density at radius 1 is 0.824 bits per heavy atom. The summed E-state index contributed by atoms with van der Waals surface area (Å²) in [5, 5.41) is 0. The van der Waals surface area contributed by atoms with Crippen molar-refractivity contribution in [1.29, 1.82) is 0 Å². The molecular formula is C17H28. The van der Waals surface area contributed by atoms with Crippen molar-refractivity contribution >= 4 is 0 Å². The molecule has 1 atom stereocenters. The van der Waals surface area contributed by atoms with Crippen molar-refractivity contribution in [3.63, 3.8) is 0 Å². The summed E-state index contributed by atoms with van der Waals surface area (Å²) in [6, 6.07) is 11.0. The molecule has 17 heavy (non-hydrogen) atoms. The SMILES string of the molecule is CCCCCCCC[C@@H](CC)c1ccccc1. The summed E-state index contributed by atoms with van der Waals surface area (Å²) < 4.78 is 0. The van der Waals surface area contributed by atoms with Crippen LogP contribution in [-0.4, -0.2) is 0 Å². The highest BCUT2D eigenvalue weighted by Gasteiger charge is 2.07. The summed E-state index contributed by atoms with van der Waals surface area (Å²) in [6.45, 7) is 4.59. The zero-order chi connectivity index (χ0) is 12.3. The molecule has 0 saturated heterocycles. The van der Waals surface area contributed by atoms with E-state index >= 15 is 0 Å². The van der Waals surface area contributed by atoms with E-state index in [1.165, 1.54) is 56.9 Å². The molecule has 96 valence electrons. The minimum atomic E-state index is 0.780. The van der Waals surface area contributed by atoms with Gasteiger partial charge in [-0.25, -0.2) is 0 Å². The van der Waals surface area contributed by atoms with Crippen LogP contribution in [0.25, 0.3) is 0 Å². The zero-order valence-corrected chi connectivity index (χ0v) is 11.6. The van der Waals surface area contributed by atoms with Crippen molar-refractivity contribution in [3.05, 3.63) is 35.9 Å². The molecule has 0 amide bonds. The van der Waals surface area contributed by atoms with E-state index in [9.17, 15) is 0 Å². The van der Waals surface area contributed by atoms with Gasteiger partial charge in [0.1, 0.15) is 0 Å². The van der Waals surface area contributed by atoms with E-state index in [0.29, 0.717) is 0 Å². The van der Waals surface area contributed by atoms with Crippen molar-refractivity contribution in [2.45, 2.75) is 71.1 Å². The van der Waals surface area contributed by atoms with Gasteiger partial charge in [-0.3, -0.25) is 0 Å². The third-order valence-electron chi connectivity index (χ3n) is 3.67. The van der Waals surface area contributed by atoms with Crippen LogP contribution in [0.15, 0.2) is 30.3 Å². The number of rotatable bonds is 9. The van der Waals surface area contributed by atoms with Gasteiger partial charge in [-0.15, -0.1) is 0 Å². The second-order valence-electron chi connectivity index (χ2n) is 5.07. The lowest BCUT2D eigenvalue weighted by molar-refractivity contribution is 0.529. The number of unbranched alkanes of at least 4 members (excludes halogenated alkanes) is 5. The fourth-order valence-electron chi connectivity index (χ4n) is 2.50. The zero-order valence-electron chi connectivity index (χ0n) is 11.6. The molecule has 0 aliphatic carbocycles. The van der Waals surface area contributed by atoms with Crippen molar-refractivity contribution in [2.24, 2.45) is 0 Å². The van der Waals surface area contributed by atoms with E-state index in [2.05, 4.69) is 44.2 Å². The summed E-state index contributed by atoms with van der Waals surface area (Å²) >= 11 is 0. The van der Waals surface area contributed by atoms with Crippen LogP contribution in [0.4, 0.5) is 0 Å². The van der Waals surface area contributed by atoms with Crippen molar-refractivity contribution < 1.29 is 0 Å². The molecule has 0 spiro atoms. The standard InChI is InChI=1S/C17H28/c1-3-5-6-7-8-10-13-16(4-2)17-14-11-9-12-15-17/h9,11-12,14-16H,3-8,10,13H2,1-2H3/t16-/m1/s1. The van der Waals surface area contributed by atoms with Crippen LogP contribution in [0.2, 0.25) is 0 Å². The van der Waals surface area contributed by atoms with Gasteiger partial charge >= 0.3 is 0 Å². The predicted octanol–water partition coefficient (Wildman–Crippen LogP) is 5.93. The van der Waals surface area contributed by atoms with Gasteiger partial charge in [0.15, 0.2) is 0 Å². The van der Waals surface area contributed by atoms with Crippen molar-refractivity contribution in [1.82, 2.24) is 0 Å². The van der Waals surface area contributed by atoms with Crippen LogP contribution in [0.3, 0.4) is 0 Å². The van der Waals surface area contributed by atoms with Crippen LogP contribution in [0, 0.1) is 0 Å². The summed E-state index contributed by atoms with van der Waals surface area (Å²) in [7, 11) is 0. The first-order valence-corrected chi connectivity index (χ1v) is 7.43. The minimum Gasteiger partial charge on any atom is -0.0654 e. The molecule has 0 heterocycles. The number of hydrogen-bond acceptors (Lipinski definition) is 0. The van der Waals surface area contributed by atoms with Crippen molar-refractivity contribution in [3.8, 4) is 0 Å². The average Bonchev–Trinajstić information content (AvgIpc) is 2.39. The molecule has 0 nitrogen and oxygen atoms in total. The van der Waals surface area contributed by atoms with Gasteiger partial charge in [0, 0.05) is 0 Å². The largest absolute Gasteiger partial charge is 0.0654 e. The van der Waals surface area contributed by atoms with Gasteiger partial charge in [-0.2, -0.15) is 0 Å². The lowest BCUT2D eigenvalue weighted by atomic mass is 9.91. The Morgan fingerprint density at radius 3 is 2.12 bits per heavy atom. The fraction of sp³-hybridized carbons (Fsp3) is 0.647. The van der Waals surface area contributed by atoms with E-state index in [1.54, 1.807) is 0 Å². The molecule has 0 aromatic heterocycles. The van der Waals surface area contributed by atoms with Crippen LogP contribution in [-0.2, 0) is 0 Å². The number of hydrogen-bond donors (Lipinski definition) is 0. The molecule has 0 fully saturated rings. The maximum absolute atomic E-state index is 2.31. The lowest BCUT2D eigenvalue weighted by Crippen LogP contribution is -1.97. The Morgan fingerprint density at radius 2 is 1.47 bits per heavy atom. The van der Waals surface area contributed by atoms with E-state index in [-0.39, 0.29) is 0 Å². The van der Waals surface area contributed by atoms with Crippen LogP contribution in [0.1, 0.15) is 76.7 Å². The minimum absolute atomic E-state index is 0.780. The van der Waals surface area contributed by atoms with E-state index < -0.39 is 0 Å². The quantitative estimate of drug-likeness (QED) is 0.463. The maximum atomic E-state index is 2.31. The Balaban J connectivity index is 2.20. The molecule has 0 heteroatoms. The van der Waals surface area contributed by atoms with Gasteiger partial charge in [0.2, 0.25) is 0 Å². The predicted molar refractivity (Wildman–Crippen MR) is 77.5 cm³/mol. The molecule has 0 N–H and O–H groups in total. The summed E-state index contributed by atoms with van der Waals surface area (Å²) in [5.74, 6) is 0.780. The van der Waals surface area contributed by atoms with E-state index in [4.69, 9.17) is 0 Å². The van der Waals surface area contributed by atoms with Crippen LogP contribution in [0.5, 0.6) is 0 Å². The fourth-order valence-corrected chi connectivity index (χ4v) is 2.50. The Labute approximate surface area is 107 Å². The molecular weight excluding hydrogens is 204 g/mol. The third kappa shape index (κ3) is 5.91. The molecule has 0 unspecified atom stereocenters. The monoisotopic (exact) mass is 232 g/mol. The Kier molecular flexibility index (Phi) is 7.79. The molecule has 0 aliphatic heterocycles. The average molecular weight is 232 g/mol. The molecule has 0 radical (unpaired) electrons. The highest BCUT2D eigenvalue weighted by Crippen LogP contribution is 2.25. The molecule has 1 aromatic rings. The normalized spacial score (nSPS) is 12.6. The number of benzene rings is 1. The maximum Gasteiger partial charge on any atom is -0.0165 e. The second kappa shape index (κ2) is 9.27. The smallest absolute Gasteiger partial charge is 0.0165 e. The van der Waals surface area contributed by atoms with Gasteiger partial charge in [0.25, 0.3) is 0 Å². The molecule has 1 rings (SSSR count). The van der Waals surface area contributed by atoms with Crippen molar-refractivity contribution in [2.75, 3.05) is 0 Å². The molecule has 1 aromatic carbocycles. The first kappa shape index (κ1) is 14.3. The third-order valence-corrected chi connectivity index (χ3v) is 3.67. The summed E-state index contributed by atoms with van der Waals surface area (Å²) in [6.07, 6.45) is 11.1. The van der Waals surface area contributed by atoms with Gasteiger partial charge in [-0.05, 0) is 24.3 Å². The highest BCUT2D eigenvalue weighted by atomic mass is 14.1. The first-order chi connectivity index (χ1) is 8.38. The second-order valence-corrected chi connectivity index (χ2v) is 5.07. The Hall–Kier alpha value is -0.780. The first-order valence-electron chi connectivity index (χ1n) is 7.43. The van der Waals surface area contributed by atoms with Crippen LogP contribution >= 0.6 is 0 Å². The van der Waals surface area contributed by atoms with E-state index in [1.807, 2.05) is 0 Å². The topological polar surface area (TPSA) is 0 Å². The van der Waals surface area contributed by atoms with Gasteiger partial charge in [-0.1, -0.05) is 82.7 Å². The van der Waals surface area contributed by atoms with E-state index in [0.717, 1.165) is 5.92 Å². The molecule has 0 bridgehead atoms. The van der Waals surface area contributed by atoms with Crippen LogP contribution < -0.4 is 0 Å².